The molecule has 1 unspecified atom stereocenters. The number of benzene rings is 1. The van der Waals surface area contributed by atoms with Crippen molar-refractivity contribution in [2.45, 2.75) is 44.2 Å². The molecule has 0 spiro atoms. The van der Waals surface area contributed by atoms with Gasteiger partial charge < -0.3 is 19.5 Å². The average Bonchev–Trinajstić information content (AvgIpc) is 3.68. The zero-order valence-corrected chi connectivity index (χ0v) is 17.9. The maximum Gasteiger partial charge on any atom is 0.271 e. The largest absolute Gasteiger partial charge is 0.492 e. The maximum absolute atomic E-state index is 13.2. The van der Waals surface area contributed by atoms with Crippen LogP contribution in [0.5, 0.6) is 5.75 Å². The van der Waals surface area contributed by atoms with Crippen molar-refractivity contribution in [2.75, 3.05) is 31.6 Å². The molecule has 2 N–H and O–H groups in total. The molecule has 2 saturated carbocycles. The maximum atomic E-state index is 13.2. The zero-order valence-electron chi connectivity index (χ0n) is 17.1. The van der Waals surface area contributed by atoms with Gasteiger partial charge in [0, 0.05) is 25.2 Å². The van der Waals surface area contributed by atoms with E-state index >= 15 is 0 Å². The number of anilines is 1. The fourth-order valence-corrected chi connectivity index (χ4v) is 5.77. The molecule has 0 bridgehead atoms. The molecule has 6 rings (SSSR count). The minimum atomic E-state index is -0.287. The van der Waals surface area contributed by atoms with E-state index in [4.69, 9.17) is 4.74 Å². The van der Waals surface area contributed by atoms with E-state index < -0.39 is 0 Å². The van der Waals surface area contributed by atoms with Crippen LogP contribution < -0.4 is 25.9 Å². The smallest absolute Gasteiger partial charge is 0.271 e. The first-order valence-corrected chi connectivity index (χ1v) is 11.7. The lowest BCUT2D eigenvalue weighted by atomic mass is 10.1. The summed E-state index contributed by atoms with van der Waals surface area (Å²) in [6.07, 6.45) is 5.91. The predicted octanol–water partition coefficient (Wildman–Crippen LogP) is 2.83. The van der Waals surface area contributed by atoms with Crippen molar-refractivity contribution in [3.63, 3.8) is 0 Å². The highest BCUT2D eigenvalue weighted by Crippen LogP contribution is 2.45. The lowest BCUT2D eigenvalue weighted by Gasteiger charge is -2.24. The number of aromatic nitrogens is 2. The van der Waals surface area contributed by atoms with Crippen molar-refractivity contribution < 1.29 is 4.74 Å². The Hall–Kier alpha value is -2.32. The molecule has 1 atom stereocenters. The summed E-state index contributed by atoms with van der Waals surface area (Å²) in [7, 11) is 1.69. The van der Waals surface area contributed by atoms with Gasteiger partial charge >= 0.3 is 0 Å². The highest BCUT2D eigenvalue weighted by molar-refractivity contribution is 7.12. The number of pyridine rings is 1. The van der Waals surface area contributed by atoms with Gasteiger partial charge in [0.25, 0.3) is 5.56 Å². The summed E-state index contributed by atoms with van der Waals surface area (Å²) < 4.78 is 10.9. The molecular weight excluding hydrogens is 400 g/mol. The van der Waals surface area contributed by atoms with E-state index in [1.165, 1.54) is 24.4 Å². The van der Waals surface area contributed by atoms with E-state index in [2.05, 4.69) is 19.2 Å². The summed E-state index contributed by atoms with van der Waals surface area (Å²) in [6, 6.07) is 4.95. The fraction of sp³-hybridized carbons (Fsp3) is 0.545. The monoisotopic (exact) mass is 426 g/mol. The Kier molecular flexibility index (Phi) is 4.21. The Labute approximate surface area is 177 Å². The van der Waals surface area contributed by atoms with E-state index in [0.29, 0.717) is 17.3 Å². The van der Waals surface area contributed by atoms with Gasteiger partial charge in [-0.3, -0.25) is 14.0 Å². The van der Waals surface area contributed by atoms with Gasteiger partial charge in [0.15, 0.2) is 5.75 Å². The molecule has 1 aliphatic heterocycles. The van der Waals surface area contributed by atoms with Gasteiger partial charge in [0.05, 0.1) is 23.7 Å². The Balaban J connectivity index is 1.48. The number of H-pyrrole nitrogens is 1. The van der Waals surface area contributed by atoms with Crippen molar-refractivity contribution in [3.05, 3.63) is 32.7 Å². The first-order chi connectivity index (χ1) is 14.7. The molecule has 1 aromatic carbocycles. The van der Waals surface area contributed by atoms with Gasteiger partial charge in [-0.2, -0.15) is 0 Å². The van der Waals surface area contributed by atoms with E-state index in [-0.39, 0.29) is 16.4 Å². The van der Waals surface area contributed by atoms with E-state index in [0.717, 1.165) is 66.7 Å². The Bertz CT molecular complexity index is 1250. The van der Waals surface area contributed by atoms with Crippen molar-refractivity contribution >= 4 is 38.3 Å². The molecule has 2 aliphatic carbocycles. The SMILES string of the molecule is COc1c(N2CCC(CNC3CC3)C2)ccc2c(=O)c3c(=O)[nH]sc3n(C3CC3)c12. The standard InChI is InChI=1S/C22H26N4O3S/c1-29-20-16(25-9-8-12(11-25)10-23-13-2-3-13)7-6-15-18(20)26(14-4-5-14)22-17(19(15)27)21(28)24-30-22/h6-7,12-14,23H,2-5,8-11H2,1H3,(H,24,28). The fourth-order valence-electron chi connectivity index (χ4n) is 4.85. The molecule has 0 radical (unpaired) electrons. The third kappa shape index (κ3) is 2.88. The van der Waals surface area contributed by atoms with E-state index in [1.807, 2.05) is 12.1 Å². The van der Waals surface area contributed by atoms with Gasteiger partial charge in [-0.15, -0.1) is 0 Å². The molecular formula is C22H26N4O3S. The molecule has 3 aliphatic rings. The molecule has 3 heterocycles. The number of hydrogen-bond donors (Lipinski definition) is 2. The second-order valence-corrected chi connectivity index (χ2v) is 9.74. The van der Waals surface area contributed by atoms with E-state index in [1.54, 1.807) is 7.11 Å². The van der Waals surface area contributed by atoms with Crippen LogP contribution in [0, 0.1) is 5.92 Å². The number of aromatic amines is 1. The molecule has 1 saturated heterocycles. The molecule has 0 amide bonds. The molecule has 3 aromatic rings. The lowest BCUT2D eigenvalue weighted by Crippen LogP contribution is -2.28. The van der Waals surface area contributed by atoms with Crippen LogP contribution in [0.25, 0.3) is 21.1 Å². The van der Waals surface area contributed by atoms with Crippen LogP contribution >= 0.6 is 11.5 Å². The second-order valence-electron chi connectivity index (χ2n) is 8.94. The number of methoxy groups -OCH3 is 1. The van der Waals surface area contributed by atoms with Crippen LogP contribution in [-0.4, -0.2) is 41.7 Å². The normalized spacial score (nSPS) is 21.8. The Morgan fingerprint density at radius 2 is 2.03 bits per heavy atom. The number of nitrogens with zero attached hydrogens (tertiary/aromatic N) is 2. The van der Waals surface area contributed by atoms with Gasteiger partial charge in [-0.05, 0) is 68.2 Å². The third-order valence-corrected chi connectivity index (χ3v) is 7.62. The Morgan fingerprint density at radius 1 is 1.20 bits per heavy atom. The first-order valence-electron chi connectivity index (χ1n) is 10.9. The minimum Gasteiger partial charge on any atom is -0.492 e. The van der Waals surface area contributed by atoms with Gasteiger partial charge in [0.1, 0.15) is 10.2 Å². The molecule has 158 valence electrons. The van der Waals surface area contributed by atoms with Crippen LogP contribution in [0.3, 0.4) is 0 Å². The molecule has 7 nitrogen and oxygen atoms in total. The second kappa shape index (κ2) is 6.85. The van der Waals surface area contributed by atoms with Crippen LogP contribution in [0.2, 0.25) is 0 Å². The summed E-state index contributed by atoms with van der Waals surface area (Å²) in [6.45, 7) is 3.06. The minimum absolute atomic E-state index is 0.197. The van der Waals surface area contributed by atoms with Gasteiger partial charge in [-0.1, -0.05) is 0 Å². The quantitative estimate of drug-likeness (QED) is 0.634. The molecule has 30 heavy (non-hydrogen) atoms. The van der Waals surface area contributed by atoms with Crippen molar-refractivity contribution in [3.8, 4) is 5.75 Å². The lowest BCUT2D eigenvalue weighted by molar-refractivity contribution is 0.417. The Morgan fingerprint density at radius 3 is 2.77 bits per heavy atom. The first kappa shape index (κ1) is 18.4. The summed E-state index contributed by atoms with van der Waals surface area (Å²) in [5.74, 6) is 1.39. The average molecular weight is 427 g/mol. The van der Waals surface area contributed by atoms with Crippen molar-refractivity contribution in [2.24, 2.45) is 5.92 Å². The predicted molar refractivity (Wildman–Crippen MR) is 120 cm³/mol. The highest BCUT2D eigenvalue weighted by atomic mass is 32.1. The van der Waals surface area contributed by atoms with Crippen molar-refractivity contribution in [1.82, 2.24) is 14.3 Å². The summed E-state index contributed by atoms with van der Waals surface area (Å²) in [5.41, 5.74) is 1.40. The van der Waals surface area contributed by atoms with E-state index in [9.17, 15) is 9.59 Å². The summed E-state index contributed by atoms with van der Waals surface area (Å²) in [5, 5.41) is 4.51. The number of ether oxygens (including phenoxy) is 1. The number of fused-ring (bicyclic) bond motifs is 2. The van der Waals surface area contributed by atoms with Crippen LogP contribution in [0.1, 0.15) is 38.1 Å². The summed E-state index contributed by atoms with van der Waals surface area (Å²) >= 11 is 1.26. The van der Waals surface area contributed by atoms with Gasteiger partial charge in [0.2, 0.25) is 5.43 Å². The van der Waals surface area contributed by atoms with Crippen LogP contribution in [0.15, 0.2) is 21.7 Å². The molecule has 2 aromatic heterocycles. The van der Waals surface area contributed by atoms with Crippen molar-refractivity contribution in [1.29, 1.82) is 0 Å². The number of hydrogen-bond acceptors (Lipinski definition) is 6. The number of nitrogens with one attached hydrogen (secondary N) is 2. The zero-order chi connectivity index (χ0) is 20.4. The van der Waals surface area contributed by atoms with Gasteiger partial charge in [-0.25, -0.2) is 0 Å². The van der Waals surface area contributed by atoms with Crippen LogP contribution in [0.4, 0.5) is 5.69 Å². The van der Waals surface area contributed by atoms with Crippen LogP contribution in [-0.2, 0) is 0 Å². The summed E-state index contributed by atoms with van der Waals surface area (Å²) in [4.78, 5) is 28.6. The molecule has 8 heteroatoms. The topological polar surface area (TPSA) is 79.4 Å². The number of rotatable bonds is 6. The molecule has 3 fully saturated rings. The third-order valence-electron chi connectivity index (χ3n) is 6.74. The highest BCUT2D eigenvalue weighted by Gasteiger charge is 2.33.